The van der Waals surface area contributed by atoms with Gasteiger partial charge in [0.2, 0.25) is 11.0 Å². The average Bonchev–Trinajstić information content (AvgIpc) is 2.85. The normalized spacial score (nSPS) is 12.1. The summed E-state index contributed by atoms with van der Waals surface area (Å²) in [5, 5.41) is 11.4. The highest BCUT2D eigenvalue weighted by Crippen LogP contribution is 2.17. The molecule has 1 atom stereocenters. The predicted molar refractivity (Wildman–Crippen MR) is 77.7 cm³/mol. The minimum absolute atomic E-state index is 0.257. The second-order valence-electron chi connectivity index (χ2n) is 4.09. The van der Waals surface area contributed by atoms with Crippen LogP contribution in [0.4, 0.5) is 5.13 Å². The lowest BCUT2D eigenvalue weighted by atomic mass is 10.1. The van der Waals surface area contributed by atoms with Gasteiger partial charge >= 0.3 is 0 Å². The largest absolute Gasteiger partial charge is 0.299 e. The molecule has 0 bridgehead atoms. The highest BCUT2D eigenvalue weighted by molar-refractivity contribution is 7.15. The third-order valence-corrected chi connectivity index (χ3v) is 3.63. The molecule has 0 aliphatic rings. The molecule has 1 amide bonds. The minimum atomic E-state index is -0.573. The van der Waals surface area contributed by atoms with Crippen molar-refractivity contribution >= 4 is 34.0 Å². The second-order valence-corrected chi connectivity index (χ2v) is 5.81. The van der Waals surface area contributed by atoms with Crippen molar-refractivity contribution in [1.29, 1.82) is 0 Å². The maximum absolute atomic E-state index is 11.4. The van der Waals surface area contributed by atoms with Gasteiger partial charge in [0.15, 0.2) is 0 Å². The van der Waals surface area contributed by atoms with E-state index in [4.69, 9.17) is 11.6 Å². The highest BCUT2D eigenvalue weighted by atomic mass is 35.5. The molecule has 0 saturated heterocycles. The number of alkyl halides is 1. The molecule has 1 heterocycles. The maximum Gasteiger partial charge on any atom is 0.243 e. The van der Waals surface area contributed by atoms with Crippen LogP contribution in [0, 0.1) is 0 Å². The van der Waals surface area contributed by atoms with Crippen molar-refractivity contribution in [3.8, 4) is 0 Å². The number of aryl methyl sites for hydroxylation is 2. The molecular weight excluding hydrogens is 282 g/mol. The van der Waals surface area contributed by atoms with Gasteiger partial charge in [-0.05, 0) is 18.9 Å². The number of aromatic nitrogens is 2. The first kappa shape index (κ1) is 14.0. The van der Waals surface area contributed by atoms with Crippen LogP contribution in [0.2, 0.25) is 0 Å². The summed E-state index contributed by atoms with van der Waals surface area (Å²) in [6.45, 7) is 1.62. The van der Waals surface area contributed by atoms with E-state index < -0.39 is 5.38 Å². The van der Waals surface area contributed by atoms with E-state index in [1.165, 1.54) is 16.9 Å². The third-order valence-electron chi connectivity index (χ3n) is 2.53. The van der Waals surface area contributed by atoms with Crippen molar-refractivity contribution in [2.45, 2.75) is 25.1 Å². The van der Waals surface area contributed by atoms with Crippen molar-refractivity contribution in [2.24, 2.45) is 0 Å². The summed E-state index contributed by atoms with van der Waals surface area (Å²) in [5.74, 6) is -0.257. The van der Waals surface area contributed by atoms with Gasteiger partial charge in [-0.15, -0.1) is 21.8 Å². The Morgan fingerprint density at radius 2 is 2.05 bits per heavy atom. The number of carbonyl (C=O) groups excluding carboxylic acids is 1. The van der Waals surface area contributed by atoms with Gasteiger partial charge in [-0.3, -0.25) is 10.1 Å². The first-order valence-corrected chi connectivity index (χ1v) is 7.21. The minimum Gasteiger partial charge on any atom is -0.299 e. The third kappa shape index (κ3) is 4.29. The number of carbonyl (C=O) groups is 1. The smallest absolute Gasteiger partial charge is 0.243 e. The van der Waals surface area contributed by atoms with Crippen LogP contribution in [-0.2, 0) is 17.6 Å². The fourth-order valence-electron chi connectivity index (χ4n) is 1.51. The summed E-state index contributed by atoms with van der Waals surface area (Å²) >= 11 is 7.06. The summed E-state index contributed by atoms with van der Waals surface area (Å²) in [7, 11) is 0. The Hall–Kier alpha value is -1.46. The van der Waals surface area contributed by atoms with Gasteiger partial charge in [0.25, 0.3) is 0 Å². The van der Waals surface area contributed by atoms with E-state index in [0.29, 0.717) is 5.13 Å². The molecule has 19 heavy (non-hydrogen) atoms. The molecule has 1 aromatic carbocycles. The van der Waals surface area contributed by atoms with Crippen LogP contribution in [-0.4, -0.2) is 21.5 Å². The average molecular weight is 296 g/mol. The molecule has 100 valence electrons. The zero-order valence-corrected chi connectivity index (χ0v) is 12.0. The molecular formula is C13H14ClN3OS. The van der Waals surface area contributed by atoms with Crippen molar-refractivity contribution in [3.63, 3.8) is 0 Å². The van der Waals surface area contributed by atoms with Crippen LogP contribution < -0.4 is 5.32 Å². The SMILES string of the molecule is CC(Cl)C(=O)Nc1nnc(CCc2ccccc2)s1. The zero-order valence-electron chi connectivity index (χ0n) is 10.5. The number of halogens is 1. The molecule has 1 unspecified atom stereocenters. The molecule has 2 aromatic rings. The van der Waals surface area contributed by atoms with Crippen LogP contribution in [0.5, 0.6) is 0 Å². The van der Waals surface area contributed by atoms with E-state index in [1.54, 1.807) is 6.92 Å². The summed E-state index contributed by atoms with van der Waals surface area (Å²) in [5.41, 5.74) is 1.26. The summed E-state index contributed by atoms with van der Waals surface area (Å²) in [6.07, 6.45) is 1.73. The second kappa shape index (κ2) is 6.63. The zero-order chi connectivity index (χ0) is 13.7. The molecule has 0 spiro atoms. The Bertz CT molecular complexity index is 542. The molecule has 6 heteroatoms. The van der Waals surface area contributed by atoms with Crippen molar-refractivity contribution in [2.75, 3.05) is 5.32 Å². The van der Waals surface area contributed by atoms with E-state index >= 15 is 0 Å². The standard InChI is InChI=1S/C13H14ClN3OS/c1-9(14)12(18)15-13-17-16-11(19-13)8-7-10-5-3-2-4-6-10/h2-6,9H,7-8H2,1H3,(H,15,17,18). The number of nitrogens with zero attached hydrogens (tertiary/aromatic N) is 2. The highest BCUT2D eigenvalue weighted by Gasteiger charge is 2.12. The van der Waals surface area contributed by atoms with Crippen LogP contribution >= 0.6 is 22.9 Å². The van der Waals surface area contributed by atoms with Crippen molar-refractivity contribution in [3.05, 3.63) is 40.9 Å². The van der Waals surface area contributed by atoms with Gasteiger partial charge in [0.1, 0.15) is 10.4 Å². The van der Waals surface area contributed by atoms with E-state index in [2.05, 4.69) is 27.6 Å². The molecule has 0 radical (unpaired) electrons. The number of nitrogens with one attached hydrogen (secondary N) is 1. The molecule has 2 rings (SSSR count). The van der Waals surface area contributed by atoms with Crippen LogP contribution in [0.3, 0.4) is 0 Å². The van der Waals surface area contributed by atoms with Gasteiger partial charge in [-0.2, -0.15) is 0 Å². The number of anilines is 1. The molecule has 0 aliphatic heterocycles. The van der Waals surface area contributed by atoms with E-state index in [-0.39, 0.29) is 5.91 Å². The van der Waals surface area contributed by atoms with Crippen molar-refractivity contribution in [1.82, 2.24) is 10.2 Å². The van der Waals surface area contributed by atoms with Gasteiger partial charge in [0, 0.05) is 6.42 Å². The Labute approximate surface area is 120 Å². The Morgan fingerprint density at radius 1 is 1.32 bits per heavy atom. The molecule has 1 aromatic heterocycles. The first-order chi connectivity index (χ1) is 9.15. The number of hydrogen-bond acceptors (Lipinski definition) is 4. The van der Waals surface area contributed by atoms with Gasteiger partial charge in [0.05, 0.1) is 0 Å². The summed E-state index contributed by atoms with van der Waals surface area (Å²) in [4.78, 5) is 11.4. The number of benzene rings is 1. The molecule has 4 nitrogen and oxygen atoms in total. The topological polar surface area (TPSA) is 54.9 Å². The molecule has 0 fully saturated rings. The number of rotatable bonds is 5. The van der Waals surface area contributed by atoms with Gasteiger partial charge < -0.3 is 0 Å². The lowest BCUT2D eigenvalue weighted by Gasteiger charge is -2.00. The Balaban J connectivity index is 1.89. The quantitative estimate of drug-likeness (QED) is 0.863. The fraction of sp³-hybridized carbons (Fsp3) is 0.308. The van der Waals surface area contributed by atoms with E-state index in [0.717, 1.165) is 17.8 Å². The lowest BCUT2D eigenvalue weighted by Crippen LogP contribution is -2.20. The lowest BCUT2D eigenvalue weighted by molar-refractivity contribution is -0.115. The van der Waals surface area contributed by atoms with Crippen LogP contribution in [0.15, 0.2) is 30.3 Å². The number of amides is 1. The van der Waals surface area contributed by atoms with Crippen LogP contribution in [0.1, 0.15) is 17.5 Å². The van der Waals surface area contributed by atoms with E-state index in [9.17, 15) is 4.79 Å². The maximum atomic E-state index is 11.4. The summed E-state index contributed by atoms with van der Waals surface area (Å²) < 4.78 is 0. The Kier molecular flexibility index (Phi) is 4.87. The molecule has 1 N–H and O–H groups in total. The monoisotopic (exact) mass is 295 g/mol. The van der Waals surface area contributed by atoms with Gasteiger partial charge in [-0.1, -0.05) is 41.7 Å². The first-order valence-electron chi connectivity index (χ1n) is 5.96. The van der Waals surface area contributed by atoms with Crippen LogP contribution in [0.25, 0.3) is 0 Å². The number of hydrogen-bond donors (Lipinski definition) is 1. The van der Waals surface area contributed by atoms with Crippen molar-refractivity contribution < 1.29 is 4.79 Å². The summed E-state index contributed by atoms with van der Waals surface area (Å²) in [6, 6.07) is 10.2. The Morgan fingerprint density at radius 3 is 2.74 bits per heavy atom. The molecule has 0 saturated carbocycles. The molecule has 0 aliphatic carbocycles. The fourth-order valence-corrected chi connectivity index (χ4v) is 2.30. The predicted octanol–water partition coefficient (Wildman–Crippen LogP) is 2.89. The van der Waals surface area contributed by atoms with E-state index in [1.807, 2.05) is 18.2 Å². The van der Waals surface area contributed by atoms with Gasteiger partial charge in [-0.25, -0.2) is 0 Å².